The Morgan fingerprint density at radius 1 is 1.12 bits per heavy atom. The largest absolute Gasteiger partial charge is 0.506 e. The molecule has 0 amide bonds. The van der Waals surface area contributed by atoms with Gasteiger partial charge in [-0.1, -0.05) is 0 Å². The van der Waals surface area contributed by atoms with Gasteiger partial charge >= 0.3 is 0 Å². The van der Waals surface area contributed by atoms with Crippen molar-refractivity contribution in [1.82, 2.24) is 15.0 Å². The quantitative estimate of drug-likeness (QED) is 0.211. The first kappa shape index (κ1) is 15.6. The Balaban J connectivity index is 1.89. The Labute approximate surface area is 145 Å². The van der Waals surface area contributed by atoms with Gasteiger partial charge in [0, 0.05) is 11.1 Å². The molecule has 26 heavy (non-hydrogen) atoms. The van der Waals surface area contributed by atoms with E-state index >= 15 is 0 Å². The summed E-state index contributed by atoms with van der Waals surface area (Å²) < 4.78 is 13.3. The second-order valence-corrected chi connectivity index (χ2v) is 5.73. The smallest absolute Gasteiger partial charge is 0.256 e. The highest BCUT2D eigenvalue weighted by Gasteiger charge is 2.11. The summed E-state index contributed by atoms with van der Waals surface area (Å²) in [7, 11) is 0. The van der Waals surface area contributed by atoms with E-state index in [-0.39, 0.29) is 28.6 Å². The lowest BCUT2D eigenvalue weighted by atomic mass is 10.1. The van der Waals surface area contributed by atoms with E-state index in [0.717, 1.165) is 0 Å². The highest BCUT2D eigenvalue weighted by Crippen LogP contribution is 2.29. The molecule has 8 nitrogen and oxygen atoms in total. The van der Waals surface area contributed by atoms with Gasteiger partial charge in [-0.25, -0.2) is 14.4 Å². The molecule has 2 aromatic carbocycles. The van der Waals surface area contributed by atoms with Crippen LogP contribution in [0, 0.1) is 5.82 Å². The molecule has 0 radical (unpaired) electrons. The monoisotopic (exact) mass is 352 g/mol. The summed E-state index contributed by atoms with van der Waals surface area (Å²) in [4.78, 5) is 23.4. The van der Waals surface area contributed by atoms with E-state index in [0.29, 0.717) is 27.5 Å². The lowest BCUT2D eigenvalue weighted by Crippen LogP contribution is -2.09. The van der Waals surface area contributed by atoms with Crippen LogP contribution in [0.1, 0.15) is 0 Å². The molecule has 0 aliphatic rings. The van der Waals surface area contributed by atoms with Crippen molar-refractivity contribution in [3.63, 3.8) is 0 Å². The van der Waals surface area contributed by atoms with Crippen LogP contribution in [0.15, 0.2) is 41.3 Å². The highest BCUT2D eigenvalue weighted by molar-refractivity contribution is 6.05. The highest BCUT2D eigenvalue weighted by atomic mass is 19.1. The molecule has 9 heteroatoms. The van der Waals surface area contributed by atoms with Gasteiger partial charge in [0.25, 0.3) is 5.56 Å². The molecule has 0 aliphatic carbocycles. The molecule has 0 unspecified atom stereocenters. The van der Waals surface area contributed by atoms with Crippen LogP contribution in [-0.2, 0) is 0 Å². The first-order valence-corrected chi connectivity index (χ1v) is 7.55. The van der Waals surface area contributed by atoms with Gasteiger partial charge in [0.1, 0.15) is 17.1 Å². The number of aromatic amines is 1. The van der Waals surface area contributed by atoms with Gasteiger partial charge in [0.15, 0.2) is 0 Å². The second kappa shape index (κ2) is 5.59. The number of rotatable bonds is 2. The number of halogens is 1. The molecule has 0 bridgehead atoms. The Hall–Kier alpha value is -3.88. The fourth-order valence-electron chi connectivity index (χ4n) is 2.67. The summed E-state index contributed by atoms with van der Waals surface area (Å²) in [5.41, 5.74) is 12.3. The molecular weight excluding hydrogens is 339 g/mol. The SMILES string of the molecule is Nc1cc2c(=O)[nH]c3cnc(Nc4ccc(F)c(N)c4)nc3c2cc1O. The molecule has 4 rings (SSSR count). The number of nitrogens with one attached hydrogen (secondary N) is 2. The summed E-state index contributed by atoms with van der Waals surface area (Å²) in [6.07, 6.45) is 1.44. The van der Waals surface area contributed by atoms with E-state index in [1.165, 1.54) is 36.5 Å². The molecule has 2 aromatic heterocycles. The second-order valence-electron chi connectivity index (χ2n) is 5.73. The minimum Gasteiger partial charge on any atom is -0.506 e. The minimum absolute atomic E-state index is 0.00836. The molecule has 4 aromatic rings. The van der Waals surface area contributed by atoms with Crippen molar-refractivity contribution in [1.29, 1.82) is 0 Å². The van der Waals surface area contributed by atoms with E-state index < -0.39 is 5.82 Å². The van der Waals surface area contributed by atoms with Crippen molar-refractivity contribution in [2.75, 3.05) is 16.8 Å². The van der Waals surface area contributed by atoms with Crippen molar-refractivity contribution >= 4 is 44.8 Å². The first-order chi connectivity index (χ1) is 12.4. The number of aromatic hydroxyl groups is 1. The van der Waals surface area contributed by atoms with Crippen LogP contribution < -0.4 is 22.3 Å². The van der Waals surface area contributed by atoms with E-state index in [1.54, 1.807) is 0 Å². The third-order valence-corrected chi connectivity index (χ3v) is 3.96. The maximum Gasteiger partial charge on any atom is 0.256 e. The number of hydrogen-bond donors (Lipinski definition) is 5. The zero-order chi connectivity index (χ0) is 18.4. The minimum atomic E-state index is -0.522. The number of phenolic OH excluding ortho intramolecular Hbond substituents is 1. The lowest BCUT2D eigenvalue weighted by molar-refractivity contribution is 0.479. The van der Waals surface area contributed by atoms with E-state index in [4.69, 9.17) is 11.5 Å². The number of nitrogens with zero attached hydrogens (tertiary/aromatic N) is 2. The average molecular weight is 352 g/mol. The summed E-state index contributed by atoms with van der Waals surface area (Å²) in [6, 6.07) is 6.91. The van der Waals surface area contributed by atoms with E-state index in [9.17, 15) is 14.3 Å². The molecule has 0 aliphatic heterocycles. The molecule has 0 saturated heterocycles. The maximum absolute atomic E-state index is 13.3. The first-order valence-electron chi connectivity index (χ1n) is 7.55. The molecule has 0 saturated carbocycles. The van der Waals surface area contributed by atoms with Gasteiger partial charge in [-0.2, -0.15) is 0 Å². The number of hydrogen-bond acceptors (Lipinski definition) is 7. The number of phenols is 1. The van der Waals surface area contributed by atoms with Gasteiger partial charge in [0.05, 0.1) is 28.5 Å². The standard InChI is InChI=1S/C17H13FN6O2/c18-10-2-1-7(3-11(10)19)22-17-21-6-13-15(24-17)8-5-14(25)12(20)4-9(8)16(26)23-13/h1-6,25H,19-20H2,(H,23,26)(H,21,22,24). The summed E-state index contributed by atoms with van der Waals surface area (Å²) in [5, 5.41) is 13.5. The Kier molecular flexibility index (Phi) is 3.36. The van der Waals surface area contributed by atoms with Crippen LogP contribution in [0.5, 0.6) is 5.75 Å². The summed E-state index contributed by atoms with van der Waals surface area (Å²) in [5.74, 6) is -0.455. The number of H-pyrrole nitrogens is 1. The Morgan fingerprint density at radius 2 is 1.92 bits per heavy atom. The molecular formula is C17H13FN6O2. The van der Waals surface area contributed by atoms with Gasteiger partial charge in [-0.05, 0) is 30.3 Å². The Morgan fingerprint density at radius 3 is 2.69 bits per heavy atom. The third kappa shape index (κ3) is 2.51. The predicted molar refractivity (Wildman–Crippen MR) is 97.8 cm³/mol. The van der Waals surface area contributed by atoms with Crippen LogP contribution in [-0.4, -0.2) is 20.1 Å². The maximum atomic E-state index is 13.3. The van der Waals surface area contributed by atoms with Crippen molar-refractivity contribution in [2.24, 2.45) is 0 Å². The Bertz CT molecular complexity index is 1240. The molecule has 7 N–H and O–H groups in total. The molecule has 130 valence electrons. The molecule has 0 spiro atoms. The number of nitrogens with two attached hydrogens (primary N) is 2. The van der Waals surface area contributed by atoms with Crippen molar-refractivity contribution in [2.45, 2.75) is 0 Å². The van der Waals surface area contributed by atoms with Crippen LogP contribution in [0.4, 0.5) is 27.4 Å². The number of anilines is 4. The number of fused-ring (bicyclic) bond motifs is 3. The lowest BCUT2D eigenvalue weighted by Gasteiger charge is -2.09. The number of benzene rings is 2. The van der Waals surface area contributed by atoms with Crippen molar-refractivity contribution in [3.05, 3.63) is 52.7 Å². The zero-order valence-corrected chi connectivity index (χ0v) is 13.2. The van der Waals surface area contributed by atoms with Gasteiger partial charge in [-0.3, -0.25) is 4.79 Å². The average Bonchev–Trinajstić information content (AvgIpc) is 2.60. The van der Waals surface area contributed by atoms with Crippen LogP contribution >= 0.6 is 0 Å². The third-order valence-electron chi connectivity index (χ3n) is 3.96. The zero-order valence-electron chi connectivity index (χ0n) is 13.2. The number of nitrogen functional groups attached to an aromatic ring is 2. The van der Waals surface area contributed by atoms with Gasteiger partial charge < -0.3 is 26.9 Å². The van der Waals surface area contributed by atoms with Crippen LogP contribution in [0.3, 0.4) is 0 Å². The number of aromatic nitrogens is 3. The molecule has 0 fully saturated rings. The fourth-order valence-corrected chi connectivity index (χ4v) is 2.67. The summed E-state index contributed by atoms with van der Waals surface area (Å²) in [6.45, 7) is 0. The normalized spacial score (nSPS) is 11.1. The number of pyridine rings is 1. The van der Waals surface area contributed by atoms with Crippen LogP contribution in [0.2, 0.25) is 0 Å². The predicted octanol–water partition coefficient (Wildman–Crippen LogP) is 2.22. The molecule has 2 heterocycles. The topological polar surface area (TPSA) is 143 Å². The van der Waals surface area contributed by atoms with E-state index in [2.05, 4.69) is 20.3 Å². The van der Waals surface area contributed by atoms with E-state index in [1.807, 2.05) is 0 Å². The van der Waals surface area contributed by atoms with Gasteiger partial charge in [-0.15, -0.1) is 0 Å². The molecule has 0 atom stereocenters. The fraction of sp³-hybridized carbons (Fsp3) is 0. The van der Waals surface area contributed by atoms with Crippen molar-refractivity contribution in [3.8, 4) is 5.75 Å². The van der Waals surface area contributed by atoms with Crippen molar-refractivity contribution < 1.29 is 9.50 Å². The van der Waals surface area contributed by atoms with Gasteiger partial charge in [0.2, 0.25) is 5.95 Å². The van der Waals surface area contributed by atoms with Crippen LogP contribution in [0.25, 0.3) is 21.8 Å². The summed E-state index contributed by atoms with van der Waals surface area (Å²) >= 11 is 0.